The first-order chi connectivity index (χ1) is 9.83. The summed E-state index contributed by atoms with van der Waals surface area (Å²) in [5, 5.41) is 10.7. The Morgan fingerprint density at radius 2 is 1.60 bits per heavy atom. The molecule has 1 aliphatic heterocycles. The lowest BCUT2D eigenvalue weighted by atomic mass is 9.94. The minimum absolute atomic E-state index is 0.0389. The number of amides is 2. The molecule has 1 atom stereocenters. The second-order valence-corrected chi connectivity index (χ2v) is 5.14. The van der Waals surface area contributed by atoms with E-state index >= 15 is 0 Å². The molecule has 3 heteroatoms. The van der Waals surface area contributed by atoms with E-state index in [0.29, 0.717) is 6.54 Å². The largest absolute Gasteiger partial charge is 0.336 e. The molecule has 0 aliphatic carbocycles. The lowest BCUT2D eigenvalue weighted by molar-refractivity contribution is 0.247. The molecule has 1 saturated heterocycles. The topological polar surface area (TPSA) is 41.1 Å². The molecule has 0 spiro atoms. The van der Waals surface area contributed by atoms with Crippen LogP contribution in [-0.4, -0.2) is 12.6 Å². The summed E-state index contributed by atoms with van der Waals surface area (Å²) in [5.41, 5.74) is 1.18. The number of rotatable bonds is 1. The quantitative estimate of drug-likeness (QED) is 0.649. The van der Waals surface area contributed by atoms with Gasteiger partial charge in [-0.05, 0) is 33.2 Å². The summed E-state index contributed by atoms with van der Waals surface area (Å²) < 4.78 is 0. The van der Waals surface area contributed by atoms with Crippen molar-refractivity contribution >= 4 is 27.6 Å². The number of hydrogen-bond acceptors (Lipinski definition) is 1. The van der Waals surface area contributed by atoms with E-state index in [9.17, 15) is 4.79 Å². The van der Waals surface area contributed by atoms with Crippen LogP contribution in [0.1, 0.15) is 11.6 Å². The summed E-state index contributed by atoms with van der Waals surface area (Å²) in [6.45, 7) is 0.640. The van der Waals surface area contributed by atoms with Gasteiger partial charge in [0.25, 0.3) is 0 Å². The molecule has 0 saturated carbocycles. The van der Waals surface area contributed by atoms with Gasteiger partial charge in [0.2, 0.25) is 0 Å². The Hall–Kier alpha value is -2.55. The van der Waals surface area contributed by atoms with Gasteiger partial charge in [0.1, 0.15) is 0 Å². The first kappa shape index (κ1) is 11.3. The van der Waals surface area contributed by atoms with Crippen LogP contribution < -0.4 is 10.6 Å². The highest BCUT2D eigenvalue weighted by molar-refractivity contribution is 6.09. The minimum atomic E-state index is -0.0905. The van der Waals surface area contributed by atoms with Gasteiger partial charge < -0.3 is 10.6 Å². The first-order valence-corrected chi connectivity index (χ1v) is 6.78. The number of carbonyl (C=O) groups is 1. The molecular formula is C17H14N2O. The third-order valence-corrected chi connectivity index (χ3v) is 3.95. The summed E-state index contributed by atoms with van der Waals surface area (Å²) >= 11 is 0. The van der Waals surface area contributed by atoms with E-state index in [1.165, 1.54) is 27.1 Å². The van der Waals surface area contributed by atoms with Gasteiger partial charge in [-0.25, -0.2) is 4.79 Å². The summed E-state index contributed by atoms with van der Waals surface area (Å²) in [4.78, 5) is 11.4. The van der Waals surface area contributed by atoms with E-state index in [-0.39, 0.29) is 12.1 Å². The fourth-order valence-corrected chi connectivity index (χ4v) is 3.01. The van der Waals surface area contributed by atoms with E-state index < -0.39 is 0 Å². The molecule has 3 nitrogen and oxygen atoms in total. The highest BCUT2D eigenvalue weighted by atomic mass is 16.2. The number of benzene rings is 3. The van der Waals surface area contributed by atoms with Crippen molar-refractivity contribution in [1.82, 2.24) is 10.6 Å². The van der Waals surface area contributed by atoms with Crippen molar-refractivity contribution < 1.29 is 4.79 Å². The molecule has 1 heterocycles. The van der Waals surface area contributed by atoms with Gasteiger partial charge in [-0.15, -0.1) is 0 Å². The van der Waals surface area contributed by atoms with Crippen LogP contribution in [-0.2, 0) is 0 Å². The standard InChI is InChI=1S/C17H14N2O/c20-17-18-10-16(19-17)15-9-11-5-1-2-6-12(11)13-7-3-4-8-14(13)15/h1-9,16H,10H2,(H2,18,19,20)/t16-/m1/s1. The van der Waals surface area contributed by atoms with Crippen LogP contribution in [0.3, 0.4) is 0 Å². The van der Waals surface area contributed by atoms with Crippen molar-refractivity contribution in [2.45, 2.75) is 6.04 Å². The van der Waals surface area contributed by atoms with Crippen LogP contribution in [0.4, 0.5) is 4.79 Å². The third kappa shape index (κ3) is 1.63. The second-order valence-electron chi connectivity index (χ2n) is 5.14. The van der Waals surface area contributed by atoms with Crippen LogP contribution in [0.25, 0.3) is 21.5 Å². The average Bonchev–Trinajstić information content (AvgIpc) is 2.93. The Morgan fingerprint density at radius 1 is 0.900 bits per heavy atom. The lowest BCUT2D eigenvalue weighted by Gasteiger charge is -2.15. The SMILES string of the molecule is O=C1NC[C@H](c2cc3ccccc3c3ccccc23)N1. The molecule has 2 N–H and O–H groups in total. The zero-order chi connectivity index (χ0) is 13.5. The fraction of sp³-hybridized carbons (Fsp3) is 0.118. The maximum atomic E-state index is 11.4. The maximum Gasteiger partial charge on any atom is 0.315 e. The summed E-state index contributed by atoms with van der Waals surface area (Å²) in [6.07, 6.45) is 0. The predicted octanol–water partition coefficient (Wildman–Crippen LogP) is 3.35. The van der Waals surface area contributed by atoms with Crippen LogP contribution in [0.15, 0.2) is 54.6 Å². The van der Waals surface area contributed by atoms with Gasteiger partial charge in [0, 0.05) is 6.54 Å². The van der Waals surface area contributed by atoms with E-state index in [1.54, 1.807) is 0 Å². The van der Waals surface area contributed by atoms with Crippen molar-refractivity contribution in [1.29, 1.82) is 0 Å². The Balaban J connectivity index is 2.05. The van der Waals surface area contributed by atoms with Crippen LogP contribution in [0.5, 0.6) is 0 Å². The molecule has 98 valence electrons. The molecule has 20 heavy (non-hydrogen) atoms. The number of urea groups is 1. The molecular weight excluding hydrogens is 248 g/mol. The summed E-state index contributed by atoms with van der Waals surface area (Å²) in [7, 11) is 0. The van der Waals surface area contributed by atoms with Crippen molar-refractivity contribution in [2.24, 2.45) is 0 Å². The van der Waals surface area contributed by atoms with Crippen LogP contribution in [0.2, 0.25) is 0 Å². The smallest absolute Gasteiger partial charge is 0.315 e. The number of fused-ring (bicyclic) bond motifs is 3. The predicted molar refractivity (Wildman–Crippen MR) is 80.7 cm³/mol. The minimum Gasteiger partial charge on any atom is -0.336 e. The van der Waals surface area contributed by atoms with Crippen molar-refractivity contribution in [3.8, 4) is 0 Å². The Labute approximate surface area is 116 Å². The van der Waals surface area contributed by atoms with Gasteiger partial charge in [0.15, 0.2) is 0 Å². The first-order valence-electron chi connectivity index (χ1n) is 6.78. The molecule has 4 rings (SSSR count). The van der Waals surface area contributed by atoms with E-state index in [4.69, 9.17) is 0 Å². The fourth-order valence-electron chi connectivity index (χ4n) is 3.01. The summed E-state index contributed by atoms with van der Waals surface area (Å²) in [6, 6.07) is 18.9. The highest BCUT2D eigenvalue weighted by Gasteiger charge is 2.23. The Bertz CT molecular complexity index is 825. The monoisotopic (exact) mass is 262 g/mol. The Kier molecular flexibility index (Phi) is 2.39. The molecule has 0 radical (unpaired) electrons. The van der Waals surface area contributed by atoms with Crippen molar-refractivity contribution in [2.75, 3.05) is 6.54 Å². The normalized spacial score (nSPS) is 18.2. The molecule has 3 aromatic carbocycles. The molecule has 0 aromatic heterocycles. The van der Waals surface area contributed by atoms with Gasteiger partial charge >= 0.3 is 6.03 Å². The number of carbonyl (C=O) groups excluding carboxylic acids is 1. The molecule has 3 aromatic rings. The van der Waals surface area contributed by atoms with E-state index in [1.807, 2.05) is 12.1 Å². The number of hydrogen-bond donors (Lipinski definition) is 2. The zero-order valence-electron chi connectivity index (χ0n) is 10.9. The van der Waals surface area contributed by atoms with E-state index in [2.05, 4.69) is 53.1 Å². The van der Waals surface area contributed by atoms with Crippen molar-refractivity contribution in [3.63, 3.8) is 0 Å². The van der Waals surface area contributed by atoms with Gasteiger partial charge in [-0.3, -0.25) is 0 Å². The van der Waals surface area contributed by atoms with E-state index in [0.717, 1.165) is 0 Å². The lowest BCUT2D eigenvalue weighted by Crippen LogP contribution is -2.21. The third-order valence-electron chi connectivity index (χ3n) is 3.95. The van der Waals surface area contributed by atoms with Crippen LogP contribution in [0, 0.1) is 0 Å². The zero-order valence-corrected chi connectivity index (χ0v) is 10.9. The number of nitrogens with one attached hydrogen (secondary N) is 2. The average molecular weight is 262 g/mol. The molecule has 1 fully saturated rings. The molecule has 2 amide bonds. The van der Waals surface area contributed by atoms with Crippen LogP contribution >= 0.6 is 0 Å². The molecule has 0 bridgehead atoms. The van der Waals surface area contributed by atoms with Crippen molar-refractivity contribution in [3.05, 3.63) is 60.2 Å². The molecule has 1 aliphatic rings. The van der Waals surface area contributed by atoms with Gasteiger partial charge in [0.05, 0.1) is 6.04 Å². The highest BCUT2D eigenvalue weighted by Crippen LogP contribution is 2.32. The Morgan fingerprint density at radius 3 is 2.35 bits per heavy atom. The van der Waals surface area contributed by atoms with Gasteiger partial charge in [-0.2, -0.15) is 0 Å². The van der Waals surface area contributed by atoms with Gasteiger partial charge in [-0.1, -0.05) is 48.5 Å². The summed E-state index contributed by atoms with van der Waals surface area (Å²) in [5.74, 6) is 0. The maximum absolute atomic E-state index is 11.4. The molecule has 0 unspecified atom stereocenters. The second kappa shape index (κ2) is 4.23.